The van der Waals surface area contributed by atoms with Crippen LogP contribution in [0.5, 0.6) is 0 Å². The Morgan fingerprint density at radius 1 is 1.14 bits per heavy atom. The van der Waals surface area contributed by atoms with Gasteiger partial charge in [-0.3, -0.25) is 19.7 Å². The summed E-state index contributed by atoms with van der Waals surface area (Å²) in [5, 5.41) is 11.0. The van der Waals surface area contributed by atoms with Gasteiger partial charge in [0.25, 0.3) is 17.2 Å². The normalized spacial score (nSPS) is 15.2. The third-order valence-electron chi connectivity index (χ3n) is 5.15. The molecule has 0 saturated carbocycles. The third kappa shape index (κ3) is 3.42. The van der Waals surface area contributed by atoms with Crippen molar-refractivity contribution in [2.75, 3.05) is 4.90 Å². The van der Waals surface area contributed by atoms with Crippen LogP contribution in [0.1, 0.15) is 28.4 Å². The Hall–Kier alpha value is -3.74. The molecular weight excluding hydrogens is 370 g/mol. The maximum Gasteiger partial charge on any atom is 0.269 e. The van der Waals surface area contributed by atoms with E-state index in [-0.39, 0.29) is 29.7 Å². The van der Waals surface area contributed by atoms with Crippen LogP contribution in [0.2, 0.25) is 0 Å². The van der Waals surface area contributed by atoms with Gasteiger partial charge in [0.15, 0.2) is 0 Å². The van der Waals surface area contributed by atoms with Crippen LogP contribution in [0.15, 0.2) is 71.7 Å². The minimum absolute atomic E-state index is 0.0368. The number of pyridine rings is 1. The predicted octanol–water partition coefficient (Wildman–Crippen LogP) is 3.40. The molecule has 1 aliphatic rings. The van der Waals surface area contributed by atoms with Gasteiger partial charge < -0.3 is 9.47 Å². The molecule has 4 rings (SSSR count). The van der Waals surface area contributed by atoms with Gasteiger partial charge in [-0.15, -0.1) is 0 Å². The number of amides is 1. The van der Waals surface area contributed by atoms with Gasteiger partial charge in [0.05, 0.1) is 11.5 Å². The Bertz CT molecular complexity index is 1170. The van der Waals surface area contributed by atoms with Crippen molar-refractivity contribution in [2.45, 2.75) is 25.9 Å². The second-order valence-corrected chi connectivity index (χ2v) is 7.14. The second kappa shape index (κ2) is 7.35. The molecule has 1 amide bonds. The Morgan fingerprint density at radius 3 is 2.72 bits per heavy atom. The minimum Gasteiger partial charge on any atom is -0.310 e. The molecule has 3 aromatic rings. The Morgan fingerprint density at radius 2 is 1.93 bits per heavy atom. The molecule has 1 unspecified atom stereocenters. The average molecular weight is 389 g/mol. The highest BCUT2D eigenvalue weighted by Crippen LogP contribution is 2.32. The quantitative estimate of drug-likeness (QED) is 0.506. The number of carbonyl (C=O) groups is 1. The molecule has 146 valence electrons. The van der Waals surface area contributed by atoms with Crippen LogP contribution in [0.4, 0.5) is 11.4 Å². The summed E-state index contributed by atoms with van der Waals surface area (Å²) >= 11 is 0. The lowest BCUT2D eigenvalue weighted by atomic mass is 10.1. The summed E-state index contributed by atoms with van der Waals surface area (Å²) in [5.74, 6) is -0.333. The average Bonchev–Trinajstić information content (AvgIpc) is 3.05. The highest BCUT2D eigenvalue weighted by molar-refractivity contribution is 6.07. The highest BCUT2D eigenvalue weighted by atomic mass is 16.6. The molecular formula is C22H19N3O4. The minimum atomic E-state index is -0.474. The molecule has 0 spiro atoms. The van der Waals surface area contributed by atoms with Gasteiger partial charge in [-0.1, -0.05) is 30.3 Å². The van der Waals surface area contributed by atoms with Crippen molar-refractivity contribution in [2.24, 2.45) is 0 Å². The summed E-state index contributed by atoms with van der Waals surface area (Å²) in [6, 6.07) is 17.0. The molecule has 2 aromatic carbocycles. The lowest BCUT2D eigenvalue weighted by molar-refractivity contribution is -0.384. The van der Waals surface area contributed by atoms with Gasteiger partial charge in [0, 0.05) is 30.1 Å². The predicted molar refractivity (Wildman–Crippen MR) is 109 cm³/mol. The van der Waals surface area contributed by atoms with E-state index in [9.17, 15) is 19.7 Å². The van der Waals surface area contributed by atoms with E-state index >= 15 is 0 Å². The first-order chi connectivity index (χ1) is 14.0. The molecule has 0 radical (unpaired) electrons. The zero-order valence-electron chi connectivity index (χ0n) is 15.8. The van der Waals surface area contributed by atoms with E-state index in [1.807, 2.05) is 31.2 Å². The molecule has 7 heteroatoms. The van der Waals surface area contributed by atoms with E-state index in [1.54, 1.807) is 29.3 Å². The molecule has 0 fully saturated rings. The van der Waals surface area contributed by atoms with Crippen LogP contribution in [0.25, 0.3) is 0 Å². The smallest absolute Gasteiger partial charge is 0.269 e. The van der Waals surface area contributed by atoms with E-state index < -0.39 is 10.5 Å². The topological polar surface area (TPSA) is 85.4 Å². The molecule has 1 atom stereocenters. The first-order valence-corrected chi connectivity index (χ1v) is 9.30. The summed E-state index contributed by atoms with van der Waals surface area (Å²) in [6.45, 7) is 2.11. The van der Waals surface area contributed by atoms with E-state index in [4.69, 9.17) is 0 Å². The zero-order valence-corrected chi connectivity index (χ0v) is 15.8. The lowest BCUT2D eigenvalue weighted by Gasteiger charge is -2.22. The van der Waals surface area contributed by atoms with Crippen LogP contribution in [0, 0.1) is 10.1 Å². The number of hydrogen-bond acceptors (Lipinski definition) is 4. The molecule has 1 aromatic heterocycles. The van der Waals surface area contributed by atoms with Crippen molar-refractivity contribution in [3.8, 4) is 0 Å². The van der Waals surface area contributed by atoms with Crippen molar-refractivity contribution in [1.82, 2.24) is 4.57 Å². The number of para-hydroxylation sites is 1. The molecule has 0 aliphatic carbocycles. The Balaban J connectivity index is 1.67. The van der Waals surface area contributed by atoms with E-state index in [2.05, 4.69) is 0 Å². The van der Waals surface area contributed by atoms with E-state index in [0.29, 0.717) is 5.56 Å². The maximum absolute atomic E-state index is 13.2. The summed E-state index contributed by atoms with van der Waals surface area (Å²) in [5.41, 5.74) is 2.16. The molecule has 29 heavy (non-hydrogen) atoms. The Kier molecular flexibility index (Phi) is 4.72. The molecule has 0 saturated heterocycles. The number of hydrogen-bond donors (Lipinski definition) is 0. The highest BCUT2D eigenvalue weighted by Gasteiger charge is 2.32. The van der Waals surface area contributed by atoms with Gasteiger partial charge in [0.1, 0.15) is 5.56 Å². The van der Waals surface area contributed by atoms with Crippen molar-refractivity contribution in [3.63, 3.8) is 0 Å². The first-order valence-electron chi connectivity index (χ1n) is 9.30. The largest absolute Gasteiger partial charge is 0.310 e. The number of nitro groups is 1. The first kappa shape index (κ1) is 18.6. The number of anilines is 1. The number of carbonyl (C=O) groups excluding carboxylic acids is 1. The molecule has 2 heterocycles. The molecule has 7 nitrogen and oxygen atoms in total. The van der Waals surface area contributed by atoms with Crippen molar-refractivity contribution < 1.29 is 9.72 Å². The van der Waals surface area contributed by atoms with Crippen molar-refractivity contribution >= 4 is 17.3 Å². The summed E-state index contributed by atoms with van der Waals surface area (Å²) in [4.78, 5) is 38.4. The number of fused-ring (bicyclic) bond motifs is 1. The third-order valence-corrected chi connectivity index (χ3v) is 5.15. The van der Waals surface area contributed by atoms with Crippen LogP contribution >= 0.6 is 0 Å². The van der Waals surface area contributed by atoms with Gasteiger partial charge in [-0.2, -0.15) is 0 Å². The zero-order chi connectivity index (χ0) is 20.5. The fourth-order valence-electron chi connectivity index (χ4n) is 3.79. The number of nitro benzene ring substituents is 1. The van der Waals surface area contributed by atoms with Crippen molar-refractivity contribution in [1.29, 1.82) is 0 Å². The lowest BCUT2D eigenvalue weighted by Crippen LogP contribution is -2.39. The van der Waals surface area contributed by atoms with Gasteiger partial charge in [0.2, 0.25) is 0 Å². The van der Waals surface area contributed by atoms with Crippen LogP contribution in [-0.4, -0.2) is 21.4 Å². The number of benzene rings is 2. The van der Waals surface area contributed by atoms with Crippen molar-refractivity contribution in [3.05, 3.63) is 104 Å². The summed E-state index contributed by atoms with van der Waals surface area (Å²) in [6.07, 6.45) is 2.33. The summed E-state index contributed by atoms with van der Waals surface area (Å²) in [7, 11) is 0. The number of nitrogens with zero attached hydrogens (tertiary/aromatic N) is 3. The number of aromatic nitrogens is 1. The van der Waals surface area contributed by atoms with Gasteiger partial charge in [-0.25, -0.2) is 0 Å². The van der Waals surface area contributed by atoms with Gasteiger partial charge >= 0.3 is 0 Å². The standard InChI is InChI=1S/C22H19N3O4/c1-15-12-17-7-2-3-10-20(17)24(15)22(27)19-9-5-11-23(21(19)26)14-16-6-4-8-18(13-16)25(28)29/h2-11,13,15H,12,14H2,1H3. The molecule has 0 N–H and O–H groups in total. The molecule has 0 bridgehead atoms. The second-order valence-electron chi connectivity index (χ2n) is 7.14. The van der Waals surface area contributed by atoms with Crippen LogP contribution in [-0.2, 0) is 13.0 Å². The summed E-state index contributed by atoms with van der Waals surface area (Å²) < 4.78 is 1.40. The van der Waals surface area contributed by atoms with Crippen LogP contribution in [0.3, 0.4) is 0 Å². The SMILES string of the molecule is CC1Cc2ccccc2N1C(=O)c1cccn(Cc2cccc([N+](=O)[O-])c2)c1=O. The van der Waals surface area contributed by atoms with Gasteiger partial charge in [-0.05, 0) is 42.7 Å². The van der Waals surface area contributed by atoms with E-state index in [0.717, 1.165) is 17.7 Å². The maximum atomic E-state index is 13.2. The number of rotatable bonds is 4. The number of non-ortho nitro benzene ring substituents is 1. The fourth-order valence-corrected chi connectivity index (χ4v) is 3.79. The monoisotopic (exact) mass is 389 g/mol. The molecule has 1 aliphatic heterocycles. The Labute approximate surface area is 167 Å². The van der Waals surface area contributed by atoms with Crippen LogP contribution < -0.4 is 10.5 Å². The fraction of sp³-hybridized carbons (Fsp3) is 0.182. The van der Waals surface area contributed by atoms with E-state index in [1.165, 1.54) is 22.8 Å².